The van der Waals surface area contributed by atoms with E-state index in [1.807, 2.05) is 20.0 Å². The minimum absolute atomic E-state index is 0.132. The van der Waals surface area contributed by atoms with Crippen molar-refractivity contribution in [3.63, 3.8) is 0 Å². The number of rotatable bonds is 4. The predicted octanol–water partition coefficient (Wildman–Crippen LogP) is 2.51. The summed E-state index contributed by atoms with van der Waals surface area (Å²) in [4.78, 5) is 0. The van der Waals surface area contributed by atoms with Gasteiger partial charge in [0.1, 0.15) is 5.82 Å². The van der Waals surface area contributed by atoms with E-state index >= 15 is 0 Å². The van der Waals surface area contributed by atoms with Gasteiger partial charge in [0.15, 0.2) is 0 Å². The summed E-state index contributed by atoms with van der Waals surface area (Å²) in [6.07, 6.45) is 1.70. The molecule has 6 heteroatoms. The van der Waals surface area contributed by atoms with E-state index in [1.165, 1.54) is 12.1 Å². The van der Waals surface area contributed by atoms with Gasteiger partial charge < -0.3 is 5.32 Å². The molecule has 2 rings (SSSR count). The molecule has 0 bridgehead atoms. The second-order valence-corrected chi connectivity index (χ2v) is 4.81. The molecule has 0 aliphatic heterocycles. The molecule has 1 aromatic heterocycles. The van der Waals surface area contributed by atoms with Crippen LogP contribution in [0.1, 0.15) is 24.2 Å². The average molecular weight is 313 g/mol. The maximum atomic E-state index is 13.5. The van der Waals surface area contributed by atoms with Crippen LogP contribution < -0.4 is 5.32 Å². The predicted molar refractivity (Wildman–Crippen MR) is 70.7 cm³/mol. The first kappa shape index (κ1) is 13.2. The van der Waals surface area contributed by atoms with Gasteiger partial charge in [0.2, 0.25) is 0 Å². The van der Waals surface area contributed by atoms with Gasteiger partial charge >= 0.3 is 0 Å². The number of aryl methyl sites for hydroxylation is 1. The highest BCUT2D eigenvalue weighted by atomic mass is 79.9. The zero-order chi connectivity index (χ0) is 13.1. The van der Waals surface area contributed by atoms with Crippen molar-refractivity contribution in [2.24, 2.45) is 0 Å². The van der Waals surface area contributed by atoms with Crippen LogP contribution in [0.2, 0.25) is 0 Å². The molecule has 4 nitrogen and oxygen atoms in total. The molecule has 0 saturated heterocycles. The molecule has 0 spiro atoms. The summed E-state index contributed by atoms with van der Waals surface area (Å²) in [5, 5.41) is 11.1. The summed E-state index contributed by atoms with van der Waals surface area (Å²) in [6.45, 7) is 2.72. The number of nitrogens with one attached hydrogen (secondary N) is 1. The van der Waals surface area contributed by atoms with E-state index in [2.05, 4.69) is 31.6 Å². The summed E-state index contributed by atoms with van der Waals surface area (Å²) in [6, 6.07) is 4.70. The zero-order valence-corrected chi connectivity index (χ0v) is 11.8. The minimum atomic E-state index is -0.268. The molecule has 2 aromatic rings. The van der Waals surface area contributed by atoms with Crippen molar-refractivity contribution in [1.82, 2.24) is 20.3 Å². The van der Waals surface area contributed by atoms with Crippen molar-refractivity contribution in [1.29, 1.82) is 0 Å². The molecule has 0 fully saturated rings. The Morgan fingerprint density at radius 2 is 2.22 bits per heavy atom. The summed E-state index contributed by atoms with van der Waals surface area (Å²) in [5.74, 6) is -0.268. The first-order valence-electron chi connectivity index (χ1n) is 5.67. The minimum Gasteiger partial charge on any atom is -0.308 e. The second kappa shape index (κ2) is 5.58. The fraction of sp³-hybridized carbons (Fsp3) is 0.333. The third-order valence-corrected chi connectivity index (χ3v) is 3.21. The highest BCUT2D eigenvalue weighted by molar-refractivity contribution is 9.10. The fourth-order valence-electron chi connectivity index (χ4n) is 1.96. The van der Waals surface area contributed by atoms with Gasteiger partial charge in [-0.1, -0.05) is 21.1 Å². The van der Waals surface area contributed by atoms with Crippen LogP contribution >= 0.6 is 15.9 Å². The van der Waals surface area contributed by atoms with Crippen LogP contribution in [0.15, 0.2) is 28.9 Å². The van der Waals surface area contributed by atoms with Crippen molar-refractivity contribution in [2.75, 3.05) is 7.05 Å². The molecule has 0 aliphatic rings. The third-order valence-electron chi connectivity index (χ3n) is 2.75. The zero-order valence-electron chi connectivity index (χ0n) is 10.2. The molecule has 1 heterocycles. The number of nitrogens with zero attached hydrogens (tertiary/aromatic N) is 3. The maximum Gasteiger partial charge on any atom is 0.124 e. The molecule has 1 unspecified atom stereocenters. The smallest absolute Gasteiger partial charge is 0.124 e. The first-order valence-corrected chi connectivity index (χ1v) is 6.46. The normalized spacial score (nSPS) is 12.7. The Morgan fingerprint density at radius 3 is 2.83 bits per heavy atom. The Hall–Kier alpha value is -1.27. The largest absolute Gasteiger partial charge is 0.308 e. The van der Waals surface area contributed by atoms with Crippen molar-refractivity contribution in [3.05, 3.63) is 45.9 Å². The number of aromatic nitrogens is 3. The molecule has 0 saturated carbocycles. The molecule has 96 valence electrons. The molecule has 0 radical (unpaired) electrons. The van der Waals surface area contributed by atoms with E-state index in [0.717, 1.165) is 17.8 Å². The Kier molecular flexibility index (Phi) is 4.08. The average Bonchev–Trinajstić information content (AvgIpc) is 2.77. The molecule has 1 N–H and O–H groups in total. The molecular formula is C12H14BrFN4. The van der Waals surface area contributed by atoms with Crippen LogP contribution in [0.5, 0.6) is 0 Å². The summed E-state index contributed by atoms with van der Waals surface area (Å²) in [7, 11) is 1.83. The van der Waals surface area contributed by atoms with Gasteiger partial charge in [-0.3, -0.25) is 0 Å². The highest BCUT2D eigenvalue weighted by Crippen LogP contribution is 2.25. The SMILES string of the molecule is CCn1nncc1C(NC)c1cc(F)cc(Br)c1. The van der Waals surface area contributed by atoms with Crippen LogP contribution in [0.3, 0.4) is 0 Å². The van der Waals surface area contributed by atoms with Gasteiger partial charge in [0, 0.05) is 11.0 Å². The quantitative estimate of drug-likeness (QED) is 0.943. The summed E-state index contributed by atoms with van der Waals surface area (Å²) < 4.78 is 16.0. The van der Waals surface area contributed by atoms with Gasteiger partial charge in [0.25, 0.3) is 0 Å². The lowest BCUT2D eigenvalue weighted by Gasteiger charge is -2.17. The topological polar surface area (TPSA) is 42.7 Å². The Morgan fingerprint density at radius 1 is 1.44 bits per heavy atom. The van der Waals surface area contributed by atoms with Crippen molar-refractivity contribution < 1.29 is 4.39 Å². The number of hydrogen-bond donors (Lipinski definition) is 1. The molecular weight excluding hydrogens is 299 g/mol. The molecule has 1 aromatic carbocycles. The van der Waals surface area contributed by atoms with E-state index in [0.29, 0.717) is 4.47 Å². The fourth-order valence-corrected chi connectivity index (χ4v) is 2.45. The standard InChI is InChI=1S/C12H14BrFN4/c1-3-18-11(7-16-17-18)12(15-2)8-4-9(13)6-10(14)5-8/h4-7,12,15H,3H2,1-2H3. The van der Waals surface area contributed by atoms with Crippen LogP contribution in [0.4, 0.5) is 4.39 Å². The monoisotopic (exact) mass is 312 g/mol. The lowest BCUT2D eigenvalue weighted by Crippen LogP contribution is -2.21. The van der Waals surface area contributed by atoms with Crippen LogP contribution in [0, 0.1) is 5.82 Å². The lowest BCUT2D eigenvalue weighted by atomic mass is 10.0. The van der Waals surface area contributed by atoms with Gasteiger partial charge in [-0.2, -0.15) is 0 Å². The molecule has 18 heavy (non-hydrogen) atoms. The number of benzene rings is 1. The summed E-state index contributed by atoms with van der Waals surface area (Å²) in [5.41, 5.74) is 1.75. The van der Waals surface area contributed by atoms with Crippen molar-refractivity contribution in [3.8, 4) is 0 Å². The van der Waals surface area contributed by atoms with Crippen molar-refractivity contribution in [2.45, 2.75) is 19.5 Å². The van der Waals surface area contributed by atoms with E-state index in [1.54, 1.807) is 10.9 Å². The number of hydrogen-bond acceptors (Lipinski definition) is 3. The van der Waals surface area contributed by atoms with Gasteiger partial charge in [0.05, 0.1) is 17.9 Å². The van der Waals surface area contributed by atoms with Gasteiger partial charge in [-0.25, -0.2) is 9.07 Å². The Labute approximate surface area is 113 Å². The summed E-state index contributed by atoms with van der Waals surface area (Å²) >= 11 is 3.30. The Bertz CT molecular complexity index is 520. The van der Waals surface area contributed by atoms with Crippen LogP contribution in [-0.4, -0.2) is 22.0 Å². The van der Waals surface area contributed by atoms with Gasteiger partial charge in [-0.15, -0.1) is 5.10 Å². The highest BCUT2D eigenvalue weighted by Gasteiger charge is 2.18. The third kappa shape index (κ3) is 2.59. The maximum absolute atomic E-state index is 13.5. The lowest BCUT2D eigenvalue weighted by molar-refractivity contribution is 0.548. The van der Waals surface area contributed by atoms with Gasteiger partial charge in [-0.05, 0) is 37.7 Å². The molecule has 0 amide bonds. The first-order chi connectivity index (χ1) is 8.65. The molecule has 1 atom stereocenters. The van der Waals surface area contributed by atoms with Crippen LogP contribution in [-0.2, 0) is 6.54 Å². The van der Waals surface area contributed by atoms with E-state index in [9.17, 15) is 4.39 Å². The van der Waals surface area contributed by atoms with E-state index in [-0.39, 0.29) is 11.9 Å². The van der Waals surface area contributed by atoms with Crippen LogP contribution in [0.25, 0.3) is 0 Å². The number of halogens is 2. The Balaban J connectivity index is 2.45. The second-order valence-electron chi connectivity index (χ2n) is 3.90. The molecule has 0 aliphatic carbocycles. The van der Waals surface area contributed by atoms with E-state index < -0.39 is 0 Å². The van der Waals surface area contributed by atoms with E-state index in [4.69, 9.17) is 0 Å². The van der Waals surface area contributed by atoms with Crippen molar-refractivity contribution >= 4 is 15.9 Å².